The Morgan fingerprint density at radius 3 is 2.90 bits per heavy atom. The highest BCUT2D eigenvalue weighted by Gasteiger charge is 2.26. The third-order valence-corrected chi connectivity index (χ3v) is 3.77. The fourth-order valence-corrected chi connectivity index (χ4v) is 2.77. The summed E-state index contributed by atoms with van der Waals surface area (Å²) in [4.78, 5) is 14.3. The molecule has 0 spiro atoms. The molecule has 20 heavy (non-hydrogen) atoms. The van der Waals surface area contributed by atoms with Crippen molar-refractivity contribution in [3.05, 3.63) is 33.8 Å². The monoisotopic (exact) mass is 317 g/mol. The van der Waals surface area contributed by atoms with Gasteiger partial charge in [0.15, 0.2) is 5.78 Å². The molecule has 1 heterocycles. The van der Waals surface area contributed by atoms with Gasteiger partial charge in [0.05, 0.1) is 30.4 Å². The molecule has 1 aliphatic heterocycles. The summed E-state index contributed by atoms with van der Waals surface area (Å²) >= 11 is 11.9. The maximum absolute atomic E-state index is 12.3. The van der Waals surface area contributed by atoms with Gasteiger partial charge in [-0.3, -0.25) is 9.69 Å². The molecule has 1 aromatic rings. The van der Waals surface area contributed by atoms with Crippen LogP contribution in [0.5, 0.6) is 0 Å². The minimum absolute atomic E-state index is 0.0106. The van der Waals surface area contributed by atoms with Gasteiger partial charge in [-0.05, 0) is 25.1 Å². The summed E-state index contributed by atoms with van der Waals surface area (Å²) in [7, 11) is 0. The van der Waals surface area contributed by atoms with Gasteiger partial charge in [-0.25, -0.2) is 0 Å². The largest absolute Gasteiger partial charge is 0.394 e. The first-order valence-electron chi connectivity index (χ1n) is 6.46. The van der Waals surface area contributed by atoms with Crippen molar-refractivity contribution in [1.82, 2.24) is 4.90 Å². The number of carbonyl (C=O) groups is 1. The zero-order chi connectivity index (χ0) is 14.7. The number of benzene rings is 1. The number of morpholine rings is 1. The van der Waals surface area contributed by atoms with Crippen LogP contribution < -0.4 is 0 Å². The van der Waals surface area contributed by atoms with Crippen LogP contribution in [-0.2, 0) is 4.74 Å². The lowest BCUT2D eigenvalue weighted by atomic mass is 10.1. The summed E-state index contributed by atoms with van der Waals surface area (Å²) in [5.41, 5.74) is 0.430. The number of Topliss-reactive ketones (excluding diaryl/α,β-unsaturated/α-hetero) is 1. The second-order valence-corrected chi connectivity index (χ2v) is 5.84. The number of halogens is 2. The Morgan fingerprint density at radius 1 is 1.45 bits per heavy atom. The predicted molar refractivity (Wildman–Crippen MR) is 78.7 cm³/mol. The number of hydrogen-bond acceptors (Lipinski definition) is 4. The van der Waals surface area contributed by atoms with Gasteiger partial charge in [-0.15, -0.1) is 0 Å². The molecule has 1 aliphatic rings. The van der Waals surface area contributed by atoms with Gasteiger partial charge in [0.25, 0.3) is 0 Å². The molecule has 2 atom stereocenters. The fraction of sp³-hybridized carbons (Fsp3) is 0.500. The molecule has 1 fully saturated rings. The van der Waals surface area contributed by atoms with Crippen LogP contribution in [0.15, 0.2) is 18.2 Å². The maximum atomic E-state index is 12.3. The van der Waals surface area contributed by atoms with E-state index in [-0.39, 0.29) is 31.1 Å². The zero-order valence-corrected chi connectivity index (χ0v) is 12.7. The summed E-state index contributed by atoms with van der Waals surface area (Å²) in [5.74, 6) is -0.0803. The molecule has 0 amide bonds. The van der Waals surface area contributed by atoms with Gasteiger partial charge < -0.3 is 9.84 Å². The van der Waals surface area contributed by atoms with E-state index in [4.69, 9.17) is 27.9 Å². The zero-order valence-electron chi connectivity index (χ0n) is 11.2. The summed E-state index contributed by atoms with van der Waals surface area (Å²) in [6, 6.07) is 4.86. The fourth-order valence-electron chi connectivity index (χ4n) is 2.37. The van der Waals surface area contributed by atoms with E-state index in [2.05, 4.69) is 0 Å². The van der Waals surface area contributed by atoms with Gasteiger partial charge >= 0.3 is 0 Å². The lowest BCUT2D eigenvalue weighted by Crippen LogP contribution is -2.49. The average molecular weight is 318 g/mol. The Bertz CT molecular complexity index is 495. The van der Waals surface area contributed by atoms with Crippen molar-refractivity contribution in [3.8, 4) is 0 Å². The van der Waals surface area contributed by atoms with Gasteiger partial charge in [0.2, 0.25) is 0 Å². The van der Waals surface area contributed by atoms with Crippen molar-refractivity contribution in [2.45, 2.75) is 19.1 Å². The summed E-state index contributed by atoms with van der Waals surface area (Å²) < 4.78 is 5.55. The number of nitrogens with zero attached hydrogens (tertiary/aromatic N) is 1. The highest BCUT2D eigenvalue weighted by atomic mass is 35.5. The van der Waals surface area contributed by atoms with E-state index in [1.165, 1.54) is 0 Å². The molecule has 2 rings (SSSR count). The highest BCUT2D eigenvalue weighted by Crippen LogP contribution is 2.22. The Hall–Kier alpha value is -0.650. The highest BCUT2D eigenvalue weighted by molar-refractivity contribution is 6.36. The van der Waals surface area contributed by atoms with Crippen LogP contribution in [0, 0.1) is 0 Å². The Morgan fingerprint density at radius 2 is 2.20 bits per heavy atom. The summed E-state index contributed by atoms with van der Waals surface area (Å²) in [5, 5.41) is 10.1. The lowest BCUT2D eigenvalue weighted by molar-refractivity contribution is -0.0926. The van der Waals surface area contributed by atoms with E-state index in [1.807, 2.05) is 11.8 Å². The quantitative estimate of drug-likeness (QED) is 0.865. The van der Waals surface area contributed by atoms with Crippen LogP contribution in [0.25, 0.3) is 0 Å². The molecular weight excluding hydrogens is 301 g/mol. The number of ether oxygens (including phenoxy) is 1. The van der Waals surface area contributed by atoms with Crippen LogP contribution >= 0.6 is 23.2 Å². The van der Waals surface area contributed by atoms with Gasteiger partial charge in [-0.1, -0.05) is 23.2 Å². The Kier molecular flexibility index (Phi) is 5.41. The van der Waals surface area contributed by atoms with Gasteiger partial charge in [-0.2, -0.15) is 0 Å². The van der Waals surface area contributed by atoms with Crippen molar-refractivity contribution < 1.29 is 14.6 Å². The van der Waals surface area contributed by atoms with E-state index in [1.54, 1.807) is 18.2 Å². The van der Waals surface area contributed by atoms with Crippen molar-refractivity contribution >= 4 is 29.0 Å². The molecule has 0 bridgehead atoms. The molecule has 1 saturated heterocycles. The van der Waals surface area contributed by atoms with E-state index in [9.17, 15) is 9.90 Å². The molecule has 0 aromatic heterocycles. The van der Waals surface area contributed by atoms with E-state index in [0.29, 0.717) is 28.7 Å². The molecule has 0 radical (unpaired) electrons. The number of rotatable bonds is 4. The number of aliphatic hydroxyl groups is 1. The molecule has 110 valence electrons. The number of aliphatic hydroxyl groups excluding tert-OH is 1. The van der Waals surface area contributed by atoms with E-state index in [0.717, 1.165) is 0 Å². The standard InChI is InChI=1S/C14H17Cl2NO3/c1-9-5-17(6-11(8-18)20-9)7-14(19)12-4-10(15)2-3-13(12)16/h2-4,9,11,18H,5-8H2,1H3. The van der Waals surface area contributed by atoms with Crippen LogP contribution in [0.1, 0.15) is 17.3 Å². The predicted octanol–water partition coefficient (Wildman–Crippen LogP) is 2.26. The third kappa shape index (κ3) is 3.93. The lowest BCUT2D eigenvalue weighted by Gasteiger charge is -2.35. The first-order valence-corrected chi connectivity index (χ1v) is 7.22. The Balaban J connectivity index is 2.05. The minimum Gasteiger partial charge on any atom is -0.394 e. The molecule has 4 nitrogen and oxygen atoms in total. The van der Waals surface area contributed by atoms with Crippen LogP contribution in [0.3, 0.4) is 0 Å². The van der Waals surface area contributed by atoms with Crippen molar-refractivity contribution in [1.29, 1.82) is 0 Å². The number of hydrogen-bond donors (Lipinski definition) is 1. The smallest absolute Gasteiger partial charge is 0.178 e. The summed E-state index contributed by atoms with van der Waals surface area (Å²) in [6.07, 6.45) is -0.259. The molecule has 0 aliphatic carbocycles. The van der Waals surface area contributed by atoms with Gasteiger partial charge in [0.1, 0.15) is 0 Å². The molecule has 1 aromatic carbocycles. The van der Waals surface area contributed by atoms with Crippen LogP contribution in [-0.4, -0.2) is 54.2 Å². The van der Waals surface area contributed by atoms with Crippen LogP contribution in [0.4, 0.5) is 0 Å². The molecule has 0 saturated carbocycles. The summed E-state index contributed by atoms with van der Waals surface area (Å²) in [6.45, 7) is 3.30. The van der Waals surface area contributed by atoms with E-state index >= 15 is 0 Å². The average Bonchev–Trinajstić information content (AvgIpc) is 2.40. The second kappa shape index (κ2) is 6.87. The Labute approximate surface area is 128 Å². The van der Waals surface area contributed by atoms with Gasteiger partial charge in [0, 0.05) is 23.7 Å². The SMILES string of the molecule is CC1CN(CC(=O)c2cc(Cl)ccc2Cl)CC(CO)O1. The normalized spacial score (nSPS) is 23.8. The first kappa shape index (κ1) is 15.7. The third-order valence-electron chi connectivity index (χ3n) is 3.20. The minimum atomic E-state index is -0.249. The molecule has 2 unspecified atom stereocenters. The molecule has 6 heteroatoms. The number of carbonyl (C=O) groups excluding carboxylic acids is 1. The molecular formula is C14H17Cl2NO3. The second-order valence-electron chi connectivity index (χ2n) is 4.99. The van der Waals surface area contributed by atoms with Crippen molar-refractivity contribution in [2.75, 3.05) is 26.2 Å². The molecule has 1 N–H and O–H groups in total. The van der Waals surface area contributed by atoms with E-state index < -0.39 is 0 Å². The van der Waals surface area contributed by atoms with Crippen molar-refractivity contribution in [3.63, 3.8) is 0 Å². The maximum Gasteiger partial charge on any atom is 0.178 e. The number of ketones is 1. The van der Waals surface area contributed by atoms with Crippen LogP contribution in [0.2, 0.25) is 10.0 Å². The van der Waals surface area contributed by atoms with Crippen molar-refractivity contribution in [2.24, 2.45) is 0 Å². The topological polar surface area (TPSA) is 49.8 Å². The first-order chi connectivity index (χ1) is 9.49.